The van der Waals surface area contributed by atoms with Gasteiger partial charge >= 0.3 is 29.8 Å². The molecule has 0 spiro atoms. The van der Waals surface area contributed by atoms with E-state index in [0.717, 1.165) is 0 Å². The summed E-state index contributed by atoms with van der Waals surface area (Å²) in [4.78, 5) is 67.1. The fraction of sp³-hybridized carbons (Fsp3) is 0.146. The van der Waals surface area contributed by atoms with Crippen molar-refractivity contribution in [1.29, 1.82) is 0 Å². The molecule has 6 rings (SSSR count). The molecular weight excluding hydrogens is 908 g/mol. The number of hydrogen-bond acceptors (Lipinski definition) is 26. The van der Waals surface area contributed by atoms with Gasteiger partial charge < -0.3 is 105 Å². The summed E-state index contributed by atoms with van der Waals surface area (Å²) in [6.07, 6.45) is -11.8. The van der Waals surface area contributed by atoms with Gasteiger partial charge in [-0.05, 0) is 60.7 Å². The molecule has 0 aromatic heterocycles. The van der Waals surface area contributed by atoms with E-state index in [1.165, 1.54) is 0 Å². The van der Waals surface area contributed by atoms with Crippen LogP contribution in [0.3, 0.4) is 0 Å². The van der Waals surface area contributed by atoms with E-state index in [2.05, 4.69) is 0 Å². The smallest absolute Gasteiger partial charge is 0.343 e. The zero-order valence-corrected chi connectivity index (χ0v) is 33.1. The summed E-state index contributed by atoms with van der Waals surface area (Å²) in [5.41, 5.74) is -3.63. The molecule has 5 aromatic carbocycles. The fourth-order valence-corrected chi connectivity index (χ4v) is 6.08. The van der Waals surface area contributed by atoms with Crippen LogP contribution in [0.4, 0.5) is 0 Å². The minimum Gasteiger partial charge on any atom is -0.504 e. The van der Waals surface area contributed by atoms with Crippen LogP contribution in [0.2, 0.25) is 0 Å². The van der Waals surface area contributed by atoms with Crippen LogP contribution >= 0.6 is 0 Å². The molecule has 352 valence electrons. The fourth-order valence-electron chi connectivity index (χ4n) is 6.08. The molecule has 26 heteroatoms. The summed E-state index contributed by atoms with van der Waals surface area (Å²) in [6.45, 7) is -1.16. The highest BCUT2D eigenvalue weighted by molar-refractivity contribution is 5.96. The van der Waals surface area contributed by atoms with Crippen molar-refractivity contribution in [2.45, 2.75) is 30.7 Å². The number of carbonyl (C=O) groups is 5. The Bertz CT molecular complexity index is 2740. The molecule has 67 heavy (non-hydrogen) atoms. The van der Waals surface area contributed by atoms with Crippen LogP contribution in [0.25, 0.3) is 0 Å². The highest BCUT2D eigenvalue weighted by Crippen LogP contribution is 2.42. The van der Waals surface area contributed by atoms with Gasteiger partial charge in [0.2, 0.25) is 5.75 Å². The first-order valence-corrected chi connectivity index (χ1v) is 18.4. The van der Waals surface area contributed by atoms with Crippen LogP contribution < -0.4 is 4.74 Å². The molecule has 0 aliphatic carbocycles. The Morgan fingerprint density at radius 2 is 0.687 bits per heavy atom. The highest BCUT2D eigenvalue weighted by atomic mass is 16.7. The van der Waals surface area contributed by atoms with E-state index in [0.29, 0.717) is 60.7 Å². The van der Waals surface area contributed by atoms with Crippen LogP contribution in [-0.2, 0) is 23.7 Å². The number of carbonyl (C=O) groups excluding carboxylic acids is 5. The quantitative estimate of drug-likeness (QED) is 0.0384. The standard InChI is InChI=1S/C41H32O26/c42-17-1-12(2-18(43)28(17)51)36(56)62-11-27-33(65-38(58)14-5-21(46)30(53)22(47)6-14)34(66-39(59)15-7-23(48)31(54)24(49)8-15)35(41(61)64-27)67-40(60)16-9-25(50)32(55)26(10-16)63-37(57)13-3-19(44)29(52)20(45)4-13/h1-10,27,33-35,41-55,61H,11H2/t27-,33-,34+,35-,41?/m1/s1. The van der Waals surface area contributed by atoms with Crippen molar-refractivity contribution in [1.82, 2.24) is 0 Å². The molecule has 5 atom stereocenters. The van der Waals surface area contributed by atoms with Crippen molar-refractivity contribution in [3.05, 3.63) is 88.5 Å². The normalized spacial score (nSPS) is 17.7. The number of esters is 5. The van der Waals surface area contributed by atoms with Gasteiger partial charge in [-0.2, -0.15) is 0 Å². The summed E-state index contributed by atoms with van der Waals surface area (Å²) in [5.74, 6) is -23.6. The number of aliphatic hydroxyl groups excluding tert-OH is 1. The Balaban J connectivity index is 1.40. The number of ether oxygens (including phenoxy) is 6. The number of phenols is 14. The Labute approximate surface area is 370 Å². The molecule has 0 amide bonds. The first-order chi connectivity index (χ1) is 31.4. The van der Waals surface area contributed by atoms with Gasteiger partial charge in [0.1, 0.15) is 12.7 Å². The van der Waals surface area contributed by atoms with Crippen LogP contribution in [-0.4, -0.2) is 144 Å². The molecule has 0 radical (unpaired) electrons. The largest absolute Gasteiger partial charge is 0.504 e. The monoisotopic (exact) mass is 940 g/mol. The van der Waals surface area contributed by atoms with E-state index < -0.39 is 181 Å². The SMILES string of the molecule is O=C(OC[C@H]1OC(O)[C@H](OC(=O)c2cc(O)c(O)c(OC(=O)c3cc(O)c(O)c(O)c3)c2)[C@@H](OC(=O)c2cc(O)c(O)c(O)c2)[C@@H]1OC(=O)c1cc(O)c(O)c(O)c1)c1cc(O)c(O)c(O)c1. The molecule has 1 unspecified atom stereocenters. The topological polar surface area (TPSA) is 444 Å². The van der Waals surface area contributed by atoms with Crippen molar-refractivity contribution in [3.8, 4) is 86.2 Å². The lowest BCUT2D eigenvalue weighted by Crippen LogP contribution is -2.62. The molecule has 1 aliphatic heterocycles. The molecule has 0 bridgehead atoms. The molecule has 1 fully saturated rings. The van der Waals surface area contributed by atoms with E-state index in [1.54, 1.807) is 0 Å². The lowest BCUT2D eigenvalue weighted by atomic mass is 9.97. The predicted molar refractivity (Wildman–Crippen MR) is 209 cm³/mol. The Kier molecular flexibility index (Phi) is 12.9. The average molecular weight is 941 g/mol. The van der Waals surface area contributed by atoms with Gasteiger partial charge in [-0.15, -0.1) is 0 Å². The zero-order valence-electron chi connectivity index (χ0n) is 33.1. The van der Waals surface area contributed by atoms with Gasteiger partial charge in [0, 0.05) is 0 Å². The molecule has 0 saturated carbocycles. The van der Waals surface area contributed by atoms with Crippen molar-refractivity contribution in [3.63, 3.8) is 0 Å². The summed E-state index contributed by atoms with van der Waals surface area (Å²) < 4.78 is 32.1. The van der Waals surface area contributed by atoms with E-state index in [-0.39, 0.29) is 0 Å². The first-order valence-electron chi connectivity index (χ1n) is 18.4. The Hall–Kier alpha value is -9.43. The predicted octanol–water partition coefficient (Wildman–Crippen LogP) is 1.34. The summed E-state index contributed by atoms with van der Waals surface area (Å²) in [7, 11) is 0. The van der Waals surface area contributed by atoms with Gasteiger partial charge in [-0.3, -0.25) is 0 Å². The Morgan fingerprint density at radius 3 is 1.07 bits per heavy atom. The van der Waals surface area contributed by atoms with Crippen LogP contribution in [0.1, 0.15) is 51.8 Å². The second-order valence-electron chi connectivity index (χ2n) is 14.0. The molecular formula is C41H32O26. The summed E-state index contributed by atoms with van der Waals surface area (Å²) in [5, 5.41) is 151. The lowest BCUT2D eigenvalue weighted by molar-refractivity contribution is -0.284. The summed E-state index contributed by atoms with van der Waals surface area (Å²) >= 11 is 0. The van der Waals surface area contributed by atoms with Crippen molar-refractivity contribution in [2.75, 3.05) is 6.61 Å². The van der Waals surface area contributed by atoms with Gasteiger partial charge in [0.05, 0.1) is 27.8 Å². The van der Waals surface area contributed by atoms with Crippen molar-refractivity contribution >= 4 is 29.8 Å². The third kappa shape index (κ3) is 9.73. The number of aromatic hydroxyl groups is 14. The van der Waals surface area contributed by atoms with Gasteiger partial charge in [0.15, 0.2) is 105 Å². The van der Waals surface area contributed by atoms with Crippen molar-refractivity contribution < 1.29 is 129 Å². The number of hydrogen-bond donors (Lipinski definition) is 15. The number of phenolic OH excluding ortho intramolecular Hbond substituents is 14. The molecule has 1 heterocycles. The highest BCUT2D eigenvalue weighted by Gasteiger charge is 2.53. The van der Waals surface area contributed by atoms with Gasteiger partial charge in [0.25, 0.3) is 0 Å². The van der Waals surface area contributed by atoms with Gasteiger partial charge in [-0.1, -0.05) is 0 Å². The Morgan fingerprint density at radius 1 is 0.388 bits per heavy atom. The molecule has 26 nitrogen and oxygen atoms in total. The average Bonchev–Trinajstić information content (AvgIpc) is 3.27. The maximum Gasteiger partial charge on any atom is 0.343 e. The van der Waals surface area contributed by atoms with Crippen LogP contribution in [0, 0.1) is 0 Å². The van der Waals surface area contributed by atoms with Crippen LogP contribution in [0.15, 0.2) is 60.7 Å². The second-order valence-corrected chi connectivity index (χ2v) is 14.0. The third-order valence-electron chi connectivity index (χ3n) is 9.43. The molecule has 15 N–H and O–H groups in total. The number of benzene rings is 5. The first kappa shape index (κ1) is 47.1. The molecule has 1 saturated heterocycles. The maximum atomic E-state index is 13.8. The minimum absolute atomic E-state index is 0.523. The maximum absolute atomic E-state index is 13.8. The number of rotatable bonds is 11. The van der Waals surface area contributed by atoms with E-state index in [1.807, 2.05) is 0 Å². The van der Waals surface area contributed by atoms with Gasteiger partial charge in [-0.25, -0.2) is 24.0 Å². The third-order valence-corrected chi connectivity index (χ3v) is 9.43. The summed E-state index contributed by atoms with van der Waals surface area (Å²) in [6, 6.07) is 5.91. The molecule has 1 aliphatic rings. The van der Waals surface area contributed by atoms with E-state index in [4.69, 9.17) is 28.4 Å². The second kappa shape index (κ2) is 18.3. The lowest BCUT2D eigenvalue weighted by Gasteiger charge is -2.42. The van der Waals surface area contributed by atoms with Crippen LogP contribution in [0.5, 0.6) is 86.2 Å². The molecule has 5 aromatic rings. The van der Waals surface area contributed by atoms with E-state index >= 15 is 0 Å². The van der Waals surface area contributed by atoms with Crippen molar-refractivity contribution in [2.24, 2.45) is 0 Å². The minimum atomic E-state index is -2.55. The number of aliphatic hydroxyl groups is 1. The zero-order chi connectivity index (χ0) is 49.3. The van der Waals surface area contributed by atoms with E-state index in [9.17, 15) is 101 Å².